The fraction of sp³-hybridized carbons (Fsp3) is 0.308. The minimum absolute atomic E-state index is 0.163. The van der Waals surface area contributed by atoms with Gasteiger partial charge in [0.15, 0.2) is 0 Å². The average molecular weight is 297 g/mol. The quantitative estimate of drug-likeness (QED) is 0.680. The van der Waals surface area contributed by atoms with Gasteiger partial charge in [0.1, 0.15) is 9.88 Å². The molecule has 0 aliphatic carbocycles. The third-order valence-electron chi connectivity index (χ3n) is 2.46. The Bertz CT molecular complexity index is 574. The Hall–Kier alpha value is -2.15. The van der Waals surface area contributed by atoms with Crippen LogP contribution in [0, 0.1) is 6.92 Å². The van der Waals surface area contributed by atoms with Gasteiger partial charge >= 0.3 is 11.9 Å². The molecule has 1 heterocycles. The Balaban J connectivity index is 3.30. The molecule has 0 saturated carbocycles. The molecular formula is C13H15NO5S. The largest absolute Gasteiger partial charge is 0.465 e. The summed E-state index contributed by atoms with van der Waals surface area (Å²) in [5.41, 5.74) is 0.584. The lowest BCUT2D eigenvalue weighted by Crippen LogP contribution is -2.11. The maximum absolute atomic E-state index is 11.8. The van der Waals surface area contributed by atoms with E-state index in [0.717, 1.165) is 11.3 Å². The van der Waals surface area contributed by atoms with Crippen molar-refractivity contribution in [3.05, 3.63) is 28.2 Å². The van der Waals surface area contributed by atoms with E-state index in [0.29, 0.717) is 5.56 Å². The van der Waals surface area contributed by atoms with Gasteiger partial charge in [-0.15, -0.1) is 11.3 Å². The third-order valence-corrected chi connectivity index (χ3v) is 3.65. The highest BCUT2D eigenvalue weighted by molar-refractivity contribution is 7.18. The number of nitrogens with one attached hydrogen (secondary N) is 1. The molecule has 108 valence electrons. The number of hydrogen-bond acceptors (Lipinski definition) is 6. The van der Waals surface area contributed by atoms with Gasteiger partial charge in [-0.1, -0.05) is 6.08 Å². The number of carbonyl (C=O) groups excluding carboxylic acids is 3. The van der Waals surface area contributed by atoms with Crippen LogP contribution in [0.25, 0.3) is 0 Å². The van der Waals surface area contributed by atoms with E-state index in [1.165, 1.54) is 20.3 Å². The summed E-state index contributed by atoms with van der Waals surface area (Å²) < 4.78 is 9.32. The topological polar surface area (TPSA) is 81.7 Å². The second-order valence-corrected chi connectivity index (χ2v) is 4.75. The molecule has 0 spiro atoms. The normalized spacial score (nSPS) is 10.4. The van der Waals surface area contributed by atoms with Crippen LogP contribution in [-0.2, 0) is 14.3 Å². The number of anilines is 1. The monoisotopic (exact) mass is 297 g/mol. The number of allylic oxidation sites excluding steroid dienone is 1. The molecule has 0 aliphatic heterocycles. The number of amides is 1. The van der Waals surface area contributed by atoms with Crippen molar-refractivity contribution in [2.45, 2.75) is 13.8 Å². The summed E-state index contributed by atoms with van der Waals surface area (Å²) in [6, 6.07) is 0. The number of rotatable bonds is 4. The molecule has 7 heteroatoms. The minimum Gasteiger partial charge on any atom is -0.465 e. The number of esters is 2. The molecule has 0 fully saturated rings. The Morgan fingerprint density at radius 1 is 1.15 bits per heavy atom. The number of carbonyl (C=O) groups is 3. The van der Waals surface area contributed by atoms with Crippen molar-refractivity contribution in [1.82, 2.24) is 0 Å². The zero-order valence-corrected chi connectivity index (χ0v) is 12.4. The van der Waals surface area contributed by atoms with Crippen molar-refractivity contribution in [2.75, 3.05) is 19.5 Å². The van der Waals surface area contributed by atoms with Crippen LogP contribution in [0.4, 0.5) is 5.00 Å². The molecule has 0 aliphatic rings. The first-order valence-corrected chi connectivity index (χ1v) is 6.51. The molecule has 20 heavy (non-hydrogen) atoms. The SMILES string of the molecule is C/C=C/C(=O)Nc1sc(C(=O)OC)c(C)c1C(=O)OC. The molecule has 0 atom stereocenters. The van der Waals surface area contributed by atoms with E-state index in [2.05, 4.69) is 14.8 Å². The summed E-state index contributed by atoms with van der Waals surface area (Å²) in [5, 5.41) is 2.81. The first-order chi connectivity index (χ1) is 9.46. The fourth-order valence-electron chi connectivity index (χ4n) is 1.54. The van der Waals surface area contributed by atoms with Crippen molar-refractivity contribution >= 4 is 34.2 Å². The molecule has 1 amide bonds. The zero-order valence-electron chi connectivity index (χ0n) is 11.6. The maximum Gasteiger partial charge on any atom is 0.348 e. The molecular weight excluding hydrogens is 282 g/mol. The van der Waals surface area contributed by atoms with Gasteiger partial charge in [-0.05, 0) is 25.5 Å². The van der Waals surface area contributed by atoms with Gasteiger partial charge in [-0.25, -0.2) is 9.59 Å². The highest BCUT2D eigenvalue weighted by Gasteiger charge is 2.26. The van der Waals surface area contributed by atoms with Crippen molar-refractivity contribution in [2.24, 2.45) is 0 Å². The predicted molar refractivity (Wildman–Crippen MR) is 75.2 cm³/mol. The van der Waals surface area contributed by atoms with Gasteiger partial charge in [-0.3, -0.25) is 4.79 Å². The molecule has 0 saturated heterocycles. The highest BCUT2D eigenvalue weighted by Crippen LogP contribution is 2.34. The fourth-order valence-corrected chi connectivity index (χ4v) is 2.66. The van der Waals surface area contributed by atoms with Crippen molar-refractivity contribution < 1.29 is 23.9 Å². The van der Waals surface area contributed by atoms with E-state index in [1.54, 1.807) is 19.9 Å². The van der Waals surface area contributed by atoms with E-state index < -0.39 is 17.8 Å². The lowest BCUT2D eigenvalue weighted by molar-refractivity contribution is -0.111. The number of ether oxygens (including phenoxy) is 2. The molecule has 1 aromatic rings. The standard InChI is InChI=1S/C13H15NO5S/c1-5-6-8(15)14-11-9(12(16)18-3)7(2)10(20-11)13(17)19-4/h5-6H,1-4H3,(H,14,15)/b6-5+. The summed E-state index contributed by atoms with van der Waals surface area (Å²) in [5.74, 6) is -1.58. The van der Waals surface area contributed by atoms with Crippen molar-refractivity contribution in [3.8, 4) is 0 Å². The second kappa shape index (κ2) is 6.85. The maximum atomic E-state index is 11.8. The minimum atomic E-state index is -0.621. The van der Waals surface area contributed by atoms with E-state index >= 15 is 0 Å². The van der Waals surface area contributed by atoms with Crippen molar-refractivity contribution in [3.63, 3.8) is 0 Å². The Labute approximate surface area is 120 Å². The van der Waals surface area contributed by atoms with E-state index in [9.17, 15) is 14.4 Å². The zero-order chi connectivity index (χ0) is 15.3. The summed E-state index contributed by atoms with van der Waals surface area (Å²) in [4.78, 5) is 35.2. The smallest absolute Gasteiger partial charge is 0.348 e. The van der Waals surface area contributed by atoms with Gasteiger partial charge in [0.25, 0.3) is 0 Å². The summed E-state index contributed by atoms with van der Waals surface area (Å²) >= 11 is 0.975. The number of methoxy groups -OCH3 is 2. The molecule has 0 radical (unpaired) electrons. The van der Waals surface area contributed by atoms with Gasteiger partial charge in [-0.2, -0.15) is 0 Å². The van der Waals surface area contributed by atoms with Crippen LogP contribution in [0.2, 0.25) is 0 Å². The highest BCUT2D eigenvalue weighted by atomic mass is 32.1. The van der Waals surface area contributed by atoms with E-state index in [-0.39, 0.29) is 15.4 Å². The van der Waals surface area contributed by atoms with Crippen LogP contribution < -0.4 is 5.32 Å². The van der Waals surface area contributed by atoms with Gasteiger partial charge in [0, 0.05) is 0 Å². The molecule has 0 unspecified atom stereocenters. The van der Waals surface area contributed by atoms with Gasteiger partial charge in [0.05, 0.1) is 19.8 Å². The molecule has 1 rings (SSSR count). The van der Waals surface area contributed by atoms with E-state index in [1.807, 2.05) is 0 Å². The van der Waals surface area contributed by atoms with Crippen LogP contribution in [0.15, 0.2) is 12.2 Å². The number of hydrogen-bond donors (Lipinski definition) is 1. The summed E-state index contributed by atoms with van der Waals surface area (Å²) in [6.07, 6.45) is 2.88. The Morgan fingerprint density at radius 2 is 1.75 bits per heavy atom. The van der Waals surface area contributed by atoms with Crippen LogP contribution in [-0.4, -0.2) is 32.1 Å². The Morgan fingerprint density at radius 3 is 2.25 bits per heavy atom. The molecule has 0 aromatic carbocycles. The predicted octanol–water partition coefficient (Wildman–Crippen LogP) is 2.14. The lowest BCUT2D eigenvalue weighted by Gasteiger charge is -2.03. The van der Waals surface area contributed by atoms with Crippen LogP contribution >= 0.6 is 11.3 Å². The van der Waals surface area contributed by atoms with Crippen molar-refractivity contribution in [1.29, 1.82) is 0 Å². The Kier molecular flexibility index (Phi) is 5.45. The average Bonchev–Trinajstić information content (AvgIpc) is 2.74. The molecule has 1 aromatic heterocycles. The van der Waals surface area contributed by atoms with Gasteiger partial charge < -0.3 is 14.8 Å². The summed E-state index contributed by atoms with van der Waals surface area (Å²) in [6.45, 7) is 3.29. The number of thiophene rings is 1. The molecule has 1 N–H and O–H groups in total. The summed E-state index contributed by atoms with van der Waals surface area (Å²) in [7, 11) is 2.48. The molecule has 0 bridgehead atoms. The lowest BCUT2D eigenvalue weighted by atomic mass is 10.1. The molecule has 6 nitrogen and oxygen atoms in total. The van der Waals surface area contributed by atoms with Crippen LogP contribution in [0.3, 0.4) is 0 Å². The van der Waals surface area contributed by atoms with Crippen LogP contribution in [0.1, 0.15) is 32.5 Å². The second-order valence-electron chi connectivity index (χ2n) is 3.73. The first kappa shape index (κ1) is 15.9. The van der Waals surface area contributed by atoms with Gasteiger partial charge in [0.2, 0.25) is 5.91 Å². The van der Waals surface area contributed by atoms with Crippen LogP contribution in [0.5, 0.6) is 0 Å². The first-order valence-electron chi connectivity index (χ1n) is 5.69. The van der Waals surface area contributed by atoms with E-state index in [4.69, 9.17) is 0 Å². The third kappa shape index (κ3) is 3.24.